The van der Waals surface area contributed by atoms with Crippen molar-refractivity contribution >= 4 is 0 Å². The van der Waals surface area contributed by atoms with Crippen molar-refractivity contribution in [2.75, 3.05) is 0 Å². The fourth-order valence-corrected chi connectivity index (χ4v) is 3.98. The number of unbranched alkanes of at least 4 members (excludes halogenated alkanes) is 3. The van der Waals surface area contributed by atoms with Crippen molar-refractivity contribution in [3.63, 3.8) is 0 Å². The highest BCUT2D eigenvalue weighted by atomic mass is 14.2. The summed E-state index contributed by atoms with van der Waals surface area (Å²) in [7, 11) is 0. The van der Waals surface area contributed by atoms with E-state index in [2.05, 4.69) is 56.3 Å². The number of rotatable bonds is 7. The molecule has 0 radical (unpaired) electrons. The molecule has 1 aliphatic carbocycles. The van der Waals surface area contributed by atoms with Crippen molar-refractivity contribution in [1.29, 1.82) is 0 Å². The predicted molar refractivity (Wildman–Crippen MR) is 106 cm³/mol. The lowest BCUT2D eigenvalue weighted by atomic mass is 9.81. The largest absolute Gasteiger partial charge is 0.0654 e. The monoisotopic (exact) mass is 320 g/mol. The number of fused-ring (bicyclic) bond motifs is 1. The van der Waals surface area contributed by atoms with Crippen LogP contribution < -0.4 is 0 Å². The van der Waals surface area contributed by atoms with Gasteiger partial charge in [-0.05, 0) is 65.8 Å². The van der Waals surface area contributed by atoms with Crippen LogP contribution in [0.25, 0.3) is 11.1 Å². The van der Waals surface area contributed by atoms with E-state index in [-0.39, 0.29) is 0 Å². The van der Waals surface area contributed by atoms with Crippen LogP contribution in [0.1, 0.15) is 69.1 Å². The molecule has 0 aromatic heterocycles. The van der Waals surface area contributed by atoms with Gasteiger partial charge in [-0.1, -0.05) is 82.0 Å². The standard InChI is InChI=1S/C24H32/c1-3-5-6-7-8-20-10-12-21(13-11-20)23-16-15-22-17-19(4-2)9-14-24(22)18-23/h10-13,15-16,18-19H,3-9,14,17H2,1-2H3. The summed E-state index contributed by atoms with van der Waals surface area (Å²) in [6.45, 7) is 4.60. The molecule has 0 fully saturated rings. The quantitative estimate of drug-likeness (QED) is 0.482. The maximum Gasteiger partial charge on any atom is -0.0181 e. The van der Waals surface area contributed by atoms with Crippen LogP contribution in [-0.4, -0.2) is 0 Å². The molecule has 0 spiro atoms. The van der Waals surface area contributed by atoms with Crippen LogP contribution in [0.15, 0.2) is 42.5 Å². The Morgan fingerprint density at radius 2 is 1.62 bits per heavy atom. The molecule has 0 saturated heterocycles. The summed E-state index contributed by atoms with van der Waals surface area (Å²) in [4.78, 5) is 0. The van der Waals surface area contributed by atoms with E-state index >= 15 is 0 Å². The molecule has 0 bridgehead atoms. The fourth-order valence-electron chi connectivity index (χ4n) is 3.98. The lowest BCUT2D eigenvalue weighted by Gasteiger charge is -2.24. The Bertz CT molecular complexity index is 636. The van der Waals surface area contributed by atoms with Crippen molar-refractivity contribution in [3.05, 3.63) is 59.2 Å². The predicted octanol–water partition coefficient (Wildman–Crippen LogP) is 6.99. The Hall–Kier alpha value is -1.56. The van der Waals surface area contributed by atoms with Gasteiger partial charge in [0.15, 0.2) is 0 Å². The molecule has 0 heterocycles. The molecule has 0 nitrogen and oxygen atoms in total. The normalized spacial score (nSPS) is 16.8. The topological polar surface area (TPSA) is 0 Å². The SMILES string of the molecule is CCCCCCc1ccc(-c2ccc3c(c2)CCC(CC)C3)cc1. The molecule has 2 aromatic rings. The number of benzene rings is 2. The summed E-state index contributed by atoms with van der Waals surface area (Å²) in [6.07, 6.45) is 11.8. The highest BCUT2D eigenvalue weighted by Gasteiger charge is 2.17. The Balaban J connectivity index is 1.66. The van der Waals surface area contributed by atoms with E-state index in [4.69, 9.17) is 0 Å². The van der Waals surface area contributed by atoms with Gasteiger partial charge in [0, 0.05) is 0 Å². The van der Waals surface area contributed by atoms with Gasteiger partial charge in [-0.15, -0.1) is 0 Å². The van der Waals surface area contributed by atoms with Crippen LogP contribution in [-0.2, 0) is 19.3 Å². The van der Waals surface area contributed by atoms with Crippen molar-refractivity contribution in [1.82, 2.24) is 0 Å². The van der Waals surface area contributed by atoms with Gasteiger partial charge in [0.2, 0.25) is 0 Å². The van der Waals surface area contributed by atoms with Crippen LogP contribution in [0.2, 0.25) is 0 Å². The van der Waals surface area contributed by atoms with Crippen molar-refractivity contribution in [2.24, 2.45) is 5.92 Å². The zero-order chi connectivity index (χ0) is 16.8. The molecular weight excluding hydrogens is 288 g/mol. The van der Waals surface area contributed by atoms with E-state index in [0.717, 1.165) is 5.92 Å². The first-order chi connectivity index (χ1) is 11.8. The van der Waals surface area contributed by atoms with E-state index in [1.807, 2.05) is 0 Å². The Morgan fingerprint density at radius 1 is 0.833 bits per heavy atom. The maximum atomic E-state index is 2.44. The van der Waals surface area contributed by atoms with E-state index in [1.54, 1.807) is 11.1 Å². The Kier molecular flexibility index (Phi) is 6.12. The Labute approximate surface area is 148 Å². The van der Waals surface area contributed by atoms with Gasteiger partial charge in [-0.25, -0.2) is 0 Å². The minimum atomic E-state index is 0.898. The van der Waals surface area contributed by atoms with Crippen LogP contribution in [0.5, 0.6) is 0 Å². The summed E-state index contributed by atoms with van der Waals surface area (Å²) < 4.78 is 0. The zero-order valence-corrected chi connectivity index (χ0v) is 15.5. The smallest absolute Gasteiger partial charge is 0.0181 e. The summed E-state index contributed by atoms with van der Waals surface area (Å²) in [6, 6.07) is 16.4. The van der Waals surface area contributed by atoms with Gasteiger partial charge in [-0.2, -0.15) is 0 Å². The molecule has 0 amide bonds. The molecule has 128 valence electrons. The van der Waals surface area contributed by atoms with Gasteiger partial charge in [0.1, 0.15) is 0 Å². The van der Waals surface area contributed by atoms with E-state index in [0.29, 0.717) is 0 Å². The summed E-state index contributed by atoms with van der Waals surface area (Å²) in [5, 5.41) is 0. The van der Waals surface area contributed by atoms with E-state index in [1.165, 1.54) is 74.5 Å². The molecule has 1 unspecified atom stereocenters. The summed E-state index contributed by atoms with van der Waals surface area (Å²) in [5.41, 5.74) is 7.41. The first kappa shape index (κ1) is 17.3. The lowest BCUT2D eigenvalue weighted by molar-refractivity contribution is 0.445. The third-order valence-corrected chi connectivity index (χ3v) is 5.72. The average molecular weight is 321 g/mol. The van der Waals surface area contributed by atoms with E-state index < -0.39 is 0 Å². The molecule has 0 saturated carbocycles. The van der Waals surface area contributed by atoms with Crippen molar-refractivity contribution in [3.8, 4) is 11.1 Å². The number of aryl methyl sites for hydroxylation is 2. The van der Waals surface area contributed by atoms with Crippen LogP contribution in [0, 0.1) is 5.92 Å². The Morgan fingerprint density at radius 3 is 2.38 bits per heavy atom. The summed E-state index contributed by atoms with van der Waals surface area (Å²) in [5.74, 6) is 0.898. The summed E-state index contributed by atoms with van der Waals surface area (Å²) >= 11 is 0. The van der Waals surface area contributed by atoms with Gasteiger partial charge < -0.3 is 0 Å². The molecule has 1 atom stereocenters. The molecule has 1 aliphatic rings. The molecular formula is C24H32. The highest BCUT2D eigenvalue weighted by molar-refractivity contribution is 5.65. The van der Waals surface area contributed by atoms with Crippen LogP contribution in [0.4, 0.5) is 0 Å². The number of hydrogen-bond donors (Lipinski definition) is 0. The van der Waals surface area contributed by atoms with E-state index in [9.17, 15) is 0 Å². The third-order valence-electron chi connectivity index (χ3n) is 5.72. The molecule has 0 N–H and O–H groups in total. The second-order valence-corrected chi connectivity index (χ2v) is 7.51. The molecule has 0 heteroatoms. The average Bonchev–Trinajstić information content (AvgIpc) is 2.65. The second-order valence-electron chi connectivity index (χ2n) is 7.51. The molecule has 2 aromatic carbocycles. The first-order valence-electron chi connectivity index (χ1n) is 10.0. The van der Waals surface area contributed by atoms with Crippen LogP contribution in [0.3, 0.4) is 0 Å². The lowest BCUT2D eigenvalue weighted by Crippen LogP contribution is -2.13. The minimum Gasteiger partial charge on any atom is -0.0654 e. The second kappa shape index (κ2) is 8.51. The van der Waals surface area contributed by atoms with Gasteiger partial charge in [0.05, 0.1) is 0 Å². The van der Waals surface area contributed by atoms with Crippen molar-refractivity contribution in [2.45, 2.75) is 71.6 Å². The van der Waals surface area contributed by atoms with Gasteiger partial charge in [-0.3, -0.25) is 0 Å². The molecule has 24 heavy (non-hydrogen) atoms. The number of hydrogen-bond acceptors (Lipinski definition) is 0. The first-order valence-corrected chi connectivity index (χ1v) is 10.0. The third kappa shape index (κ3) is 4.29. The maximum absolute atomic E-state index is 2.44. The van der Waals surface area contributed by atoms with Crippen LogP contribution >= 0.6 is 0 Å². The van der Waals surface area contributed by atoms with Gasteiger partial charge in [0.25, 0.3) is 0 Å². The van der Waals surface area contributed by atoms with Crippen molar-refractivity contribution < 1.29 is 0 Å². The highest BCUT2D eigenvalue weighted by Crippen LogP contribution is 2.31. The fraction of sp³-hybridized carbons (Fsp3) is 0.500. The minimum absolute atomic E-state index is 0.898. The molecule has 0 aliphatic heterocycles. The zero-order valence-electron chi connectivity index (χ0n) is 15.5. The molecule has 3 rings (SSSR count). The van der Waals surface area contributed by atoms with Gasteiger partial charge >= 0.3 is 0 Å².